The van der Waals surface area contributed by atoms with Crippen molar-refractivity contribution in [3.63, 3.8) is 0 Å². The van der Waals surface area contributed by atoms with Crippen molar-refractivity contribution in [2.45, 2.75) is 121 Å². The SMILES string of the molecule is CC[C@@H]1C[C@H](C)CC/C=C\C2CC2(C(=O)NS(=O)(=O)C2(C)CC2)NC(=O)[C@@H]2C[C@@H](Oc3ncc(OC)c4ccc(F)cc34)CN2C(=O)[C@H]1NC(=O)C(C)(C)C(F)(F)F. The summed E-state index contributed by atoms with van der Waals surface area (Å²) in [6, 6.07) is 0.991. The minimum Gasteiger partial charge on any atom is -0.494 e. The van der Waals surface area contributed by atoms with Crippen LogP contribution < -0.4 is 24.8 Å². The van der Waals surface area contributed by atoms with E-state index in [-0.39, 0.29) is 36.6 Å². The minimum atomic E-state index is -4.95. The standard InChI is InChI=1S/C40H51F4N5O8S/c1-7-23-16-22(2)10-8-9-11-24-19-39(24,36(53)48-58(54,55)38(5)14-15-38)47-32(50)29-18-26(57-33-28-17-25(41)12-13-27(28)30(56-6)20-45-33)21-49(29)34(51)31(23)46-35(52)37(3,4)40(42,43)44/h9,11-13,17,20,22-24,26,29,31H,7-8,10,14-16,18-19,21H2,1-6H3,(H,46,52)(H,47,50)(H,48,53)/b11-9-/t22-,23-,24?,26-,29+,31+,39?/m1/s1. The number of fused-ring (bicyclic) bond motifs is 3. The van der Waals surface area contributed by atoms with E-state index in [2.05, 4.69) is 20.3 Å². The summed E-state index contributed by atoms with van der Waals surface area (Å²) in [6.07, 6.45) is 1.35. The number of methoxy groups -OCH3 is 1. The number of aromatic nitrogens is 1. The summed E-state index contributed by atoms with van der Waals surface area (Å²) in [4.78, 5) is 62.2. The molecule has 3 fully saturated rings. The van der Waals surface area contributed by atoms with E-state index < -0.39 is 91.4 Å². The number of allylic oxidation sites excluding steroid dienone is 1. The van der Waals surface area contributed by atoms with Crippen LogP contribution in [-0.4, -0.2) is 90.2 Å². The zero-order valence-electron chi connectivity index (χ0n) is 33.4. The van der Waals surface area contributed by atoms with Crippen LogP contribution in [0.3, 0.4) is 0 Å². The number of alkyl halides is 3. The van der Waals surface area contributed by atoms with Crippen LogP contribution in [0.15, 0.2) is 36.5 Å². The van der Waals surface area contributed by atoms with Gasteiger partial charge in [0.05, 0.1) is 30.0 Å². The van der Waals surface area contributed by atoms with Crippen LogP contribution in [0.25, 0.3) is 10.8 Å². The van der Waals surface area contributed by atoms with Crippen molar-refractivity contribution >= 4 is 44.4 Å². The Morgan fingerprint density at radius 1 is 1.12 bits per heavy atom. The third-order valence-corrected chi connectivity index (χ3v) is 14.6. The molecule has 3 N–H and O–H groups in total. The fourth-order valence-corrected chi connectivity index (χ4v) is 9.16. The second-order valence-electron chi connectivity index (χ2n) is 17.0. The number of ether oxygens (including phenoxy) is 2. The highest BCUT2D eigenvalue weighted by Crippen LogP contribution is 2.48. The molecule has 2 aliphatic heterocycles. The summed E-state index contributed by atoms with van der Waals surface area (Å²) in [7, 11) is -2.69. The molecule has 1 aromatic carbocycles. The van der Waals surface area contributed by atoms with Gasteiger partial charge in [-0.2, -0.15) is 13.2 Å². The van der Waals surface area contributed by atoms with E-state index >= 15 is 0 Å². The maximum atomic E-state index is 14.9. The van der Waals surface area contributed by atoms with E-state index in [0.717, 1.165) is 18.7 Å². The van der Waals surface area contributed by atoms with Crippen LogP contribution in [0.5, 0.6) is 11.6 Å². The zero-order valence-corrected chi connectivity index (χ0v) is 34.2. The average molecular weight is 838 g/mol. The Morgan fingerprint density at radius 2 is 1.83 bits per heavy atom. The summed E-state index contributed by atoms with van der Waals surface area (Å²) < 4.78 is 96.0. The Morgan fingerprint density at radius 3 is 2.47 bits per heavy atom. The Hall–Kier alpha value is -4.48. The molecule has 13 nitrogen and oxygen atoms in total. The van der Waals surface area contributed by atoms with Crippen LogP contribution in [0.2, 0.25) is 0 Å². The van der Waals surface area contributed by atoms with Crippen molar-refractivity contribution in [2.24, 2.45) is 23.2 Å². The predicted molar refractivity (Wildman–Crippen MR) is 204 cm³/mol. The maximum Gasteiger partial charge on any atom is 0.402 e. The van der Waals surface area contributed by atoms with E-state index in [9.17, 15) is 45.2 Å². The van der Waals surface area contributed by atoms with E-state index in [1.54, 1.807) is 13.0 Å². The number of carbonyl (C=O) groups excluding carboxylic acids is 4. The molecule has 1 saturated heterocycles. The van der Waals surface area contributed by atoms with Gasteiger partial charge >= 0.3 is 6.18 Å². The first-order valence-corrected chi connectivity index (χ1v) is 21.1. The molecule has 7 atom stereocenters. The molecular weight excluding hydrogens is 787 g/mol. The number of halogens is 4. The van der Waals surface area contributed by atoms with E-state index in [4.69, 9.17) is 9.47 Å². The molecule has 2 aliphatic carbocycles. The van der Waals surface area contributed by atoms with Gasteiger partial charge in [-0.25, -0.2) is 17.8 Å². The third-order valence-electron chi connectivity index (χ3n) is 12.4. The number of rotatable bonds is 9. The van der Waals surface area contributed by atoms with Crippen molar-refractivity contribution in [1.82, 2.24) is 25.2 Å². The van der Waals surface area contributed by atoms with Gasteiger partial charge < -0.3 is 25.0 Å². The Balaban J connectivity index is 1.40. The lowest BCUT2D eigenvalue weighted by molar-refractivity contribution is -0.212. The van der Waals surface area contributed by atoms with Gasteiger partial charge in [0.2, 0.25) is 33.6 Å². The van der Waals surface area contributed by atoms with Crippen LogP contribution in [0.1, 0.15) is 86.0 Å². The lowest BCUT2D eigenvalue weighted by Crippen LogP contribution is -2.61. The molecule has 0 bridgehead atoms. The van der Waals surface area contributed by atoms with Gasteiger partial charge in [-0.3, -0.25) is 23.9 Å². The first kappa shape index (κ1) is 43.1. The van der Waals surface area contributed by atoms with Crippen LogP contribution >= 0.6 is 0 Å². The first-order chi connectivity index (χ1) is 27.1. The van der Waals surface area contributed by atoms with Gasteiger partial charge in [-0.1, -0.05) is 32.4 Å². The molecule has 6 rings (SSSR count). The van der Waals surface area contributed by atoms with Gasteiger partial charge in [-0.05, 0) is 89.3 Å². The molecular formula is C40H51F4N5O8S. The number of nitrogens with one attached hydrogen (secondary N) is 3. The number of hydrogen-bond donors (Lipinski definition) is 3. The number of amides is 4. The van der Waals surface area contributed by atoms with E-state index in [0.29, 0.717) is 49.7 Å². The summed E-state index contributed by atoms with van der Waals surface area (Å²) in [5, 5.41) is 5.87. The lowest BCUT2D eigenvalue weighted by atomic mass is 9.83. The number of benzene rings is 1. The Bertz CT molecular complexity index is 2110. The molecule has 4 amide bonds. The number of pyridine rings is 1. The van der Waals surface area contributed by atoms with Crippen molar-refractivity contribution in [3.05, 3.63) is 42.4 Å². The van der Waals surface area contributed by atoms with Gasteiger partial charge in [-0.15, -0.1) is 0 Å². The van der Waals surface area contributed by atoms with Crippen molar-refractivity contribution in [3.8, 4) is 11.6 Å². The minimum absolute atomic E-state index is 0.0463. The largest absolute Gasteiger partial charge is 0.494 e. The summed E-state index contributed by atoms with van der Waals surface area (Å²) >= 11 is 0. The highest BCUT2D eigenvalue weighted by molar-refractivity contribution is 7.91. The van der Waals surface area contributed by atoms with Gasteiger partial charge in [0.25, 0.3) is 5.91 Å². The molecule has 0 spiro atoms. The van der Waals surface area contributed by atoms with E-state index in [1.807, 2.05) is 13.0 Å². The number of sulfonamides is 1. The fourth-order valence-electron chi connectivity index (χ4n) is 7.84. The van der Waals surface area contributed by atoms with Crippen molar-refractivity contribution in [1.29, 1.82) is 0 Å². The van der Waals surface area contributed by atoms with Gasteiger partial charge in [0, 0.05) is 17.7 Å². The molecule has 3 heterocycles. The Labute approximate surface area is 335 Å². The van der Waals surface area contributed by atoms with Gasteiger partial charge in [0.15, 0.2) is 0 Å². The second kappa shape index (κ2) is 15.6. The topological polar surface area (TPSA) is 173 Å². The van der Waals surface area contributed by atoms with Crippen LogP contribution in [-0.2, 0) is 29.2 Å². The molecule has 18 heteroatoms. The van der Waals surface area contributed by atoms with Gasteiger partial charge in [0.1, 0.15) is 40.7 Å². The quantitative estimate of drug-likeness (QED) is 0.230. The molecule has 318 valence electrons. The summed E-state index contributed by atoms with van der Waals surface area (Å²) in [5.41, 5.74) is -4.56. The summed E-state index contributed by atoms with van der Waals surface area (Å²) in [5.74, 6) is -5.64. The Kier molecular flexibility index (Phi) is 11.6. The summed E-state index contributed by atoms with van der Waals surface area (Å²) in [6.45, 7) is 6.35. The van der Waals surface area contributed by atoms with Crippen LogP contribution in [0, 0.1) is 29.0 Å². The van der Waals surface area contributed by atoms with E-state index in [1.165, 1.54) is 38.4 Å². The predicted octanol–water partition coefficient (Wildman–Crippen LogP) is 5.08. The first-order valence-electron chi connectivity index (χ1n) is 19.6. The smallest absolute Gasteiger partial charge is 0.402 e. The molecule has 2 saturated carbocycles. The molecule has 4 aliphatic rings. The highest BCUT2D eigenvalue weighted by Gasteiger charge is 2.63. The number of nitrogens with zero attached hydrogens (tertiary/aromatic N) is 2. The van der Waals surface area contributed by atoms with Crippen molar-refractivity contribution in [2.75, 3.05) is 13.7 Å². The average Bonchev–Trinajstić information content (AvgIpc) is 4.03. The number of carbonyl (C=O) groups is 4. The maximum absolute atomic E-state index is 14.9. The molecule has 58 heavy (non-hydrogen) atoms. The monoisotopic (exact) mass is 837 g/mol. The number of hydrogen-bond acceptors (Lipinski definition) is 9. The molecule has 1 aromatic heterocycles. The fraction of sp³-hybridized carbons (Fsp3) is 0.625. The molecule has 0 radical (unpaired) electrons. The third kappa shape index (κ3) is 8.21. The lowest BCUT2D eigenvalue weighted by Gasteiger charge is -2.36. The molecule has 2 aromatic rings. The zero-order chi connectivity index (χ0) is 42.6. The highest BCUT2D eigenvalue weighted by atomic mass is 32.2. The van der Waals surface area contributed by atoms with Crippen LogP contribution in [0.4, 0.5) is 17.6 Å². The second-order valence-corrected chi connectivity index (χ2v) is 19.2. The normalized spacial score (nSPS) is 29.5. The molecule has 2 unspecified atom stereocenters. The van der Waals surface area contributed by atoms with Crippen molar-refractivity contribution < 1.29 is 54.6 Å².